The van der Waals surface area contributed by atoms with Crippen LogP contribution in [-0.4, -0.2) is 28.8 Å². The van der Waals surface area contributed by atoms with Gasteiger partial charge in [-0.15, -0.1) is 0 Å². The monoisotopic (exact) mass is 189 g/mol. The van der Waals surface area contributed by atoms with E-state index in [0.29, 0.717) is 5.84 Å². The van der Waals surface area contributed by atoms with E-state index in [1.54, 1.807) is 6.20 Å². The van der Waals surface area contributed by atoms with Crippen molar-refractivity contribution in [1.29, 1.82) is 5.41 Å². The van der Waals surface area contributed by atoms with Crippen molar-refractivity contribution >= 4 is 5.84 Å². The maximum absolute atomic E-state index is 7.99. The van der Waals surface area contributed by atoms with E-state index >= 15 is 0 Å². The van der Waals surface area contributed by atoms with E-state index in [0.717, 1.165) is 18.8 Å². The number of nitrogens with zero attached hydrogens (tertiary/aromatic N) is 2. The minimum atomic E-state index is 0.574. The van der Waals surface area contributed by atoms with Gasteiger partial charge in [-0.2, -0.15) is 0 Å². The highest BCUT2D eigenvalue weighted by Gasteiger charge is 2.14. The Bertz CT molecular complexity index is 302. The predicted octanol–water partition coefficient (Wildman–Crippen LogP) is 1.89. The third-order valence-corrected chi connectivity index (χ3v) is 2.58. The van der Waals surface area contributed by atoms with Crippen LogP contribution in [0.4, 0.5) is 0 Å². The number of piperidine rings is 1. The molecule has 1 aliphatic heterocycles. The van der Waals surface area contributed by atoms with E-state index < -0.39 is 0 Å². The van der Waals surface area contributed by atoms with Crippen molar-refractivity contribution in [2.45, 2.75) is 19.3 Å². The van der Waals surface area contributed by atoms with Gasteiger partial charge in [-0.1, -0.05) is 6.07 Å². The number of amidine groups is 1. The van der Waals surface area contributed by atoms with Crippen molar-refractivity contribution in [1.82, 2.24) is 9.88 Å². The van der Waals surface area contributed by atoms with Crippen molar-refractivity contribution in [3.8, 4) is 0 Å². The molecule has 1 N–H and O–H groups in total. The van der Waals surface area contributed by atoms with Gasteiger partial charge in [0.1, 0.15) is 11.5 Å². The van der Waals surface area contributed by atoms with Crippen LogP contribution in [0.25, 0.3) is 0 Å². The summed E-state index contributed by atoms with van der Waals surface area (Å²) in [5, 5.41) is 7.99. The second kappa shape index (κ2) is 4.22. The summed E-state index contributed by atoms with van der Waals surface area (Å²) in [5.74, 6) is 0.574. The summed E-state index contributed by atoms with van der Waals surface area (Å²) in [5.41, 5.74) is 0.786. The van der Waals surface area contributed by atoms with Crippen LogP contribution in [0.2, 0.25) is 0 Å². The number of aromatic nitrogens is 1. The second-order valence-electron chi connectivity index (χ2n) is 3.61. The third-order valence-electron chi connectivity index (χ3n) is 2.58. The predicted molar refractivity (Wildman–Crippen MR) is 56.5 cm³/mol. The van der Waals surface area contributed by atoms with E-state index in [-0.39, 0.29) is 0 Å². The number of rotatable bonds is 1. The maximum atomic E-state index is 7.99. The topological polar surface area (TPSA) is 40.0 Å². The average Bonchev–Trinajstić information content (AvgIpc) is 2.30. The fraction of sp³-hybridized carbons (Fsp3) is 0.455. The zero-order valence-corrected chi connectivity index (χ0v) is 8.24. The van der Waals surface area contributed by atoms with Crippen LogP contribution >= 0.6 is 0 Å². The molecule has 3 heteroatoms. The van der Waals surface area contributed by atoms with Crippen LogP contribution in [0, 0.1) is 5.41 Å². The minimum absolute atomic E-state index is 0.574. The summed E-state index contributed by atoms with van der Waals surface area (Å²) < 4.78 is 0. The van der Waals surface area contributed by atoms with Crippen molar-refractivity contribution < 1.29 is 0 Å². The zero-order valence-electron chi connectivity index (χ0n) is 8.24. The molecule has 14 heavy (non-hydrogen) atoms. The van der Waals surface area contributed by atoms with Crippen LogP contribution in [0.3, 0.4) is 0 Å². The minimum Gasteiger partial charge on any atom is -0.355 e. The Morgan fingerprint density at radius 2 is 2.00 bits per heavy atom. The van der Waals surface area contributed by atoms with Gasteiger partial charge in [0.25, 0.3) is 0 Å². The summed E-state index contributed by atoms with van der Waals surface area (Å²) in [6.45, 7) is 2.02. The molecule has 0 atom stereocenters. The molecule has 0 spiro atoms. The Labute approximate surface area is 84.3 Å². The number of pyridine rings is 1. The molecule has 1 aromatic rings. The molecule has 0 amide bonds. The van der Waals surface area contributed by atoms with Crippen LogP contribution in [-0.2, 0) is 0 Å². The Morgan fingerprint density at radius 1 is 1.21 bits per heavy atom. The zero-order chi connectivity index (χ0) is 9.80. The highest BCUT2D eigenvalue weighted by Crippen LogP contribution is 2.11. The Kier molecular flexibility index (Phi) is 2.77. The number of hydrogen-bond acceptors (Lipinski definition) is 2. The van der Waals surface area contributed by atoms with Gasteiger partial charge < -0.3 is 4.90 Å². The summed E-state index contributed by atoms with van der Waals surface area (Å²) >= 11 is 0. The first-order chi connectivity index (χ1) is 6.88. The van der Waals surface area contributed by atoms with E-state index in [2.05, 4.69) is 9.88 Å². The van der Waals surface area contributed by atoms with E-state index in [1.807, 2.05) is 18.2 Å². The molecule has 2 heterocycles. The molecule has 1 aliphatic rings. The highest BCUT2D eigenvalue weighted by molar-refractivity contribution is 5.94. The molecule has 1 aromatic heterocycles. The summed E-state index contributed by atoms with van der Waals surface area (Å²) in [6.07, 6.45) is 5.45. The fourth-order valence-corrected chi connectivity index (χ4v) is 1.78. The summed E-state index contributed by atoms with van der Waals surface area (Å²) in [7, 11) is 0. The van der Waals surface area contributed by atoms with Gasteiger partial charge >= 0.3 is 0 Å². The molecule has 0 aromatic carbocycles. The van der Waals surface area contributed by atoms with Crippen molar-refractivity contribution in [3.63, 3.8) is 0 Å². The van der Waals surface area contributed by atoms with Gasteiger partial charge in [0, 0.05) is 19.3 Å². The van der Waals surface area contributed by atoms with Crippen LogP contribution in [0.1, 0.15) is 25.0 Å². The van der Waals surface area contributed by atoms with E-state index in [9.17, 15) is 0 Å². The maximum Gasteiger partial charge on any atom is 0.147 e. The van der Waals surface area contributed by atoms with E-state index in [1.165, 1.54) is 19.3 Å². The van der Waals surface area contributed by atoms with Gasteiger partial charge in [-0.05, 0) is 31.4 Å². The standard InChI is InChI=1S/C11H15N3/c12-11(10-6-2-3-7-13-10)14-8-4-1-5-9-14/h2-3,6-7,12H,1,4-5,8-9H2. The molecule has 2 rings (SSSR count). The lowest BCUT2D eigenvalue weighted by molar-refractivity contribution is 0.340. The van der Waals surface area contributed by atoms with Gasteiger partial charge in [-0.3, -0.25) is 10.4 Å². The molecule has 0 bridgehead atoms. The summed E-state index contributed by atoms with van der Waals surface area (Å²) in [6, 6.07) is 5.71. The first kappa shape index (κ1) is 9.19. The molecule has 74 valence electrons. The first-order valence-electron chi connectivity index (χ1n) is 5.13. The number of likely N-dealkylation sites (tertiary alicyclic amines) is 1. The van der Waals surface area contributed by atoms with E-state index in [4.69, 9.17) is 5.41 Å². The van der Waals surface area contributed by atoms with Crippen LogP contribution < -0.4 is 0 Å². The molecule has 1 fully saturated rings. The SMILES string of the molecule is N=C(c1ccccn1)N1CCCCC1. The van der Waals surface area contributed by atoms with Crippen molar-refractivity contribution in [2.24, 2.45) is 0 Å². The van der Waals surface area contributed by atoms with Crippen molar-refractivity contribution in [2.75, 3.05) is 13.1 Å². The Hall–Kier alpha value is -1.38. The van der Waals surface area contributed by atoms with Gasteiger partial charge in [0.15, 0.2) is 0 Å². The Balaban J connectivity index is 2.07. The number of hydrogen-bond donors (Lipinski definition) is 1. The highest BCUT2D eigenvalue weighted by atomic mass is 15.2. The van der Waals surface area contributed by atoms with Crippen LogP contribution in [0.5, 0.6) is 0 Å². The Morgan fingerprint density at radius 3 is 2.64 bits per heavy atom. The quantitative estimate of drug-likeness (QED) is 0.541. The lowest BCUT2D eigenvalue weighted by atomic mass is 10.1. The second-order valence-corrected chi connectivity index (χ2v) is 3.61. The fourth-order valence-electron chi connectivity index (χ4n) is 1.78. The molecule has 1 saturated heterocycles. The molecule has 0 aliphatic carbocycles. The molecular formula is C11H15N3. The molecule has 0 radical (unpaired) electrons. The van der Waals surface area contributed by atoms with Gasteiger partial charge in [0.2, 0.25) is 0 Å². The smallest absolute Gasteiger partial charge is 0.147 e. The average molecular weight is 189 g/mol. The molecule has 0 saturated carbocycles. The lowest BCUT2D eigenvalue weighted by Crippen LogP contribution is -2.36. The molecular weight excluding hydrogens is 174 g/mol. The lowest BCUT2D eigenvalue weighted by Gasteiger charge is -2.28. The first-order valence-corrected chi connectivity index (χ1v) is 5.13. The normalized spacial score (nSPS) is 16.7. The third kappa shape index (κ3) is 1.92. The largest absolute Gasteiger partial charge is 0.355 e. The molecule has 0 unspecified atom stereocenters. The van der Waals surface area contributed by atoms with Crippen molar-refractivity contribution in [3.05, 3.63) is 30.1 Å². The van der Waals surface area contributed by atoms with Crippen LogP contribution in [0.15, 0.2) is 24.4 Å². The number of nitrogens with one attached hydrogen (secondary N) is 1. The van der Waals surface area contributed by atoms with Gasteiger partial charge in [0.05, 0.1) is 0 Å². The molecule has 3 nitrogen and oxygen atoms in total. The van der Waals surface area contributed by atoms with Gasteiger partial charge in [-0.25, -0.2) is 0 Å². The summed E-state index contributed by atoms with van der Waals surface area (Å²) in [4.78, 5) is 6.30.